The highest BCUT2D eigenvalue weighted by molar-refractivity contribution is 5.91. The molecule has 4 nitrogen and oxygen atoms in total. The van der Waals surface area contributed by atoms with E-state index < -0.39 is 0 Å². The van der Waals surface area contributed by atoms with Gasteiger partial charge in [-0.1, -0.05) is 63.3 Å². The van der Waals surface area contributed by atoms with E-state index >= 15 is 0 Å². The van der Waals surface area contributed by atoms with E-state index in [2.05, 4.69) is 6.92 Å². The van der Waals surface area contributed by atoms with Crippen molar-refractivity contribution in [3.05, 3.63) is 78.4 Å². The van der Waals surface area contributed by atoms with E-state index in [9.17, 15) is 4.79 Å². The molecule has 0 radical (unpaired) electrons. The lowest BCUT2D eigenvalue weighted by Crippen LogP contribution is -2.08. The first-order valence-corrected chi connectivity index (χ1v) is 11.4. The van der Waals surface area contributed by atoms with Gasteiger partial charge in [0.15, 0.2) is 0 Å². The maximum Gasteiger partial charge on any atom is 0.343 e. The largest absolute Gasteiger partial charge is 0.497 e. The second-order valence-corrected chi connectivity index (χ2v) is 7.78. The fourth-order valence-corrected chi connectivity index (χ4v) is 3.42. The molecule has 168 valence electrons. The lowest BCUT2D eigenvalue weighted by molar-refractivity contribution is 0.0734. The number of methoxy groups -OCH3 is 1. The molecule has 4 heteroatoms. The van der Waals surface area contributed by atoms with Crippen LogP contribution in [0.4, 0.5) is 0 Å². The van der Waals surface area contributed by atoms with Crippen molar-refractivity contribution in [1.82, 2.24) is 0 Å². The van der Waals surface area contributed by atoms with E-state index in [1.165, 1.54) is 32.1 Å². The van der Waals surface area contributed by atoms with Gasteiger partial charge in [0.05, 0.1) is 19.3 Å². The molecule has 0 aliphatic heterocycles. The Balaban J connectivity index is 1.49. The van der Waals surface area contributed by atoms with Gasteiger partial charge in [-0.2, -0.15) is 0 Å². The normalized spacial score (nSPS) is 10.6. The molecule has 0 fully saturated rings. The maximum absolute atomic E-state index is 12.4. The van der Waals surface area contributed by atoms with Gasteiger partial charge in [-0.25, -0.2) is 4.79 Å². The van der Waals surface area contributed by atoms with Crippen LogP contribution in [0.2, 0.25) is 0 Å². The molecular formula is C28H32O4. The van der Waals surface area contributed by atoms with E-state index in [4.69, 9.17) is 14.2 Å². The van der Waals surface area contributed by atoms with Crippen molar-refractivity contribution in [3.63, 3.8) is 0 Å². The van der Waals surface area contributed by atoms with Crippen molar-refractivity contribution in [2.75, 3.05) is 13.7 Å². The van der Waals surface area contributed by atoms with E-state index in [0.29, 0.717) is 17.1 Å². The summed E-state index contributed by atoms with van der Waals surface area (Å²) in [7, 11) is 1.60. The van der Waals surface area contributed by atoms with Gasteiger partial charge in [0.2, 0.25) is 0 Å². The SMILES string of the molecule is CCCCCCCCOc1ccc(-c2ccc(C(=O)Oc3ccc(OC)cc3)cc2)cc1. The molecule has 0 aliphatic carbocycles. The van der Waals surface area contributed by atoms with Crippen LogP contribution >= 0.6 is 0 Å². The average Bonchev–Trinajstić information content (AvgIpc) is 2.84. The average molecular weight is 433 g/mol. The van der Waals surface area contributed by atoms with Crippen LogP contribution in [-0.4, -0.2) is 19.7 Å². The third-order valence-electron chi connectivity index (χ3n) is 5.34. The molecule has 0 saturated heterocycles. The van der Waals surface area contributed by atoms with Gasteiger partial charge in [-0.15, -0.1) is 0 Å². The summed E-state index contributed by atoms with van der Waals surface area (Å²) in [5.74, 6) is 1.70. The fourth-order valence-electron chi connectivity index (χ4n) is 3.42. The molecule has 32 heavy (non-hydrogen) atoms. The zero-order valence-corrected chi connectivity index (χ0v) is 19.0. The Morgan fingerprint density at radius 3 is 1.81 bits per heavy atom. The summed E-state index contributed by atoms with van der Waals surface area (Å²) in [6.07, 6.45) is 7.54. The number of rotatable bonds is 12. The monoisotopic (exact) mass is 432 g/mol. The van der Waals surface area contributed by atoms with Crippen LogP contribution in [0.25, 0.3) is 11.1 Å². The van der Waals surface area contributed by atoms with Crippen LogP contribution in [-0.2, 0) is 0 Å². The summed E-state index contributed by atoms with van der Waals surface area (Å²) >= 11 is 0. The zero-order valence-electron chi connectivity index (χ0n) is 19.0. The second-order valence-electron chi connectivity index (χ2n) is 7.78. The standard InChI is InChI=1S/C28H32O4/c1-3-4-5-6-7-8-21-31-26-15-13-23(14-16-26)22-9-11-24(12-10-22)28(29)32-27-19-17-25(30-2)18-20-27/h9-20H,3-8,21H2,1-2H3. The Bertz CT molecular complexity index is 944. The number of benzene rings is 3. The molecular weight excluding hydrogens is 400 g/mol. The van der Waals surface area contributed by atoms with Gasteiger partial charge >= 0.3 is 5.97 Å². The van der Waals surface area contributed by atoms with Crippen LogP contribution in [0.1, 0.15) is 55.8 Å². The van der Waals surface area contributed by atoms with Crippen LogP contribution in [0.15, 0.2) is 72.8 Å². The van der Waals surface area contributed by atoms with Crippen LogP contribution in [0.3, 0.4) is 0 Å². The van der Waals surface area contributed by atoms with E-state index in [-0.39, 0.29) is 5.97 Å². The topological polar surface area (TPSA) is 44.8 Å². The highest BCUT2D eigenvalue weighted by atomic mass is 16.5. The first-order valence-electron chi connectivity index (χ1n) is 11.4. The first kappa shape index (κ1) is 23.4. The predicted octanol–water partition coefficient (Wildman–Crippen LogP) is 7.32. The van der Waals surface area contributed by atoms with Gasteiger partial charge in [0.1, 0.15) is 17.2 Å². The third kappa shape index (κ3) is 7.16. The van der Waals surface area contributed by atoms with Crippen molar-refractivity contribution >= 4 is 5.97 Å². The summed E-state index contributed by atoms with van der Waals surface area (Å²) in [5, 5.41) is 0. The molecule has 3 aromatic rings. The van der Waals surface area contributed by atoms with Gasteiger partial charge in [-0.05, 0) is 66.1 Å². The number of hydrogen-bond acceptors (Lipinski definition) is 4. The minimum atomic E-state index is -0.389. The molecule has 0 N–H and O–H groups in total. The molecule has 0 bridgehead atoms. The minimum Gasteiger partial charge on any atom is -0.497 e. The summed E-state index contributed by atoms with van der Waals surface area (Å²) < 4.78 is 16.4. The maximum atomic E-state index is 12.4. The molecule has 3 aromatic carbocycles. The lowest BCUT2D eigenvalue weighted by atomic mass is 10.0. The zero-order chi connectivity index (χ0) is 22.6. The molecule has 0 atom stereocenters. The van der Waals surface area contributed by atoms with Crippen molar-refractivity contribution in [3.8, 4) is 28.4 Å². The summed E-state index contributed by atoms with van der Waals surface area (Å²) in [6, 6.07) is 22.4. The van der Waals surface area contributed by atoms with Gasteiger partial charge in [-0.3, -0.25) is 0 Å². The molecule has 0 heterocycles. The summed E-state index contributed by atoms with van der Waals surface area (Å²) in [4.78, 5) is 12.4. The summed E-state index contributed by atoms with van der Waals surface area (Å²) in [5.41, 5.74) is 2.61. The molecule has 0 amide bonds. The molecule has 3 rings (SSSR count). The molecule has 0 unspecified atom stereocenters. The highest BCUT2D eigenvalue weighted by Gasteiger charge is 2.09. The number of carbonyl (C=O) groups excluding carboxylic acids is 1. The number of carbonyl (C=O) groups is 1. The van der Waals surface area contributed by atoms with Crippen molar-refractivity contribution in [2.24, 2.45) is 0 Å². The second kappa shape index (κ2) is 12.6. The Morgan fingerprint density at radius 2 is 1.19 bits per heavy atom. The van der Waals surface area contributed by atoms with E-state index in [1.807, 2.05) is 36.4 Å². The number of hydrogen-bond donors (Lipinski definition) is 0. The fraction of sp³-hybridized carbons (Fsp3) is 0.321. The molecule has 0 spiro atoms. The van der Waals surface area contributed by atoms with Gasteiger partial charge in [0, 0.05) is 0 Å². The van der Waals surface area contributed by atoms with Crippen LogP contribution in [0, 0.1) is 0 Å². The minimum absolute atomic E-state index is 0.389. The Morgan fingerprint density at radius 1 is 0.656 bits per heavy atom. The Kier molecular flexibility index (Phi) is 9.18. The van der Waals surface area contributed by atoms with Crippen molar-refractivity contribution in [1.29, 1.82) is 0 Å². The smallest absolute Gasteiger partial charge is 0.343 e. The van der Waals surface area contributed by atoms with Gasteiger partial charge < -0.3 is 14.2 Å². The number of esters is 1. The van der Waals surface area contributed by atoms with E-state index in [0.717, 1.165) is 29.9 Å². The first-order chi connectivity index (χ1) is 15.7. The quantitative estimate of drug-likeness (QED) is 0.171. The molecule has 0 saturated carbocycles. The van der Waals surface area contributed by atoms with Crippen molar-refractivity contribution in [2.45, 2.75) is 45.4 Å². The van der Waals surface area contributed by atoms with Gasteiger partial charge in [0.25, 0.3) is 0 Å². The highest BCUT2D eigenvalue weighted by Crippen LogP contribution is 2.24. The molecule has 0 aromatic heterocycles. The third-order valence-corrected chi connectivity index (χ3v) is 5.34. The predicted molar refractivity (Wildman–Crippen MR) is 129 cm³/mol. The molecule has 0 aliphatic rings. The summed E-state index contributed by atoms with van der Waals surface area (Å²) in [6.45, 7) is 3.00. The van der Waals surface area contributed by atoms with Crippen molar-refractivity contribution < 1.29 is 19.0 Å². The Hall–Kier alpha value is -3.27. The van der Waals surface area contributed by atoms with Crippen LogP contribution < -0.4 is 14.2 Å². The Labute approximate surface area is 191 Å². The van der Waals surface area contributed by atoms with Crippen LogP contribution in [0.5, 0.6) is 17.2 Å². The number of unbranched alkanes of at least 4 members (excludes halogenated alkanes) is 5. The van der Waals surface area contributed by atoms with E-state index in [1.54, 1.807) is 43.5 Å². The number of ether oxygens (including phenoxy) is 3. The lowest BCUT2D eigenvalue weighted by Gasteiger charge is -2.08.